The zero-order chi connectivity index (χ0) is 20.2. The van der Waals surface area contributed by atoms with E-state index in [9.17, 15) is 19.7 Å². The van der Waals surface area contributed by atoms with E-state index >= 15 is 0 Å². The molecule has 0 radical (unpaired) electrons. The number of benzene rings is 1. The molecule has 0 unspecified atom stereocenters. The Morgan fingerprint density at radius 3 is 2.57 bits per heavy atom. The van der Waals surface area contributed by atoms with Crippen LogP contribution in [-0.4, -0.2) is 21.5 Å². The summed E-state index contributed by atoms with van der Waals surface area (Å²) in [5, 5.41) is 11.4. The first-order valence-corrected chi connectivity index (χ1v) is 9.52. The van der Waals surface area contributed by atoms with Crippen molar-refractivity contribution in [2.75, 3.05) is 5.73 Å². The molecule has 2 aromatic heterocycles. The summed E-state index contributed by atoms with van der Waals surface area (Å²) in [6, 6.07) is 7.14. The monoisotopic (exact) mass is 395 g/mol. The number of nitrogens with zero attached hydrogens (tertiary/aromatic N) is 2. The number of hydrogen-bond donors (Lipinski definition) is 1. The number of pyridine rings is 1. The highest BCUT2D eigenvalue weighted by Crippen LogP contribution is 2.39. The molecule has 1 aliphatic rings. The lowest BCUT2D eigenvalue weighted by molar-refractivity contribution is -0.384. The van der Waals surface area contributed by atoms with Gasteiger partial charge in [-0.2, -0.15) is 0 Å². The summed E-state index contributed by atoms with van der Waals surface area (Å²) in [6.07, 6.45) is 1.14. The third kappa shape index (κ3) is 2.95. The van der Waals surface area contributed by atoms with Gasteiger partial charge in [-0.05, 0) is 30.0 Å². The van der Waals surface area contributed by atoms with E-state index in [1.807, 2.05) is 13.8 Å². The molecule has 28 heavy (non-hydrogen) atoms. The molecule has 0 fully saturated rings. The molecule has 0 spiro atoms. The summed E-state index contributed by atoms with van der Waals surface area (Å²) in [5.41, 5.74) is 7.90. The number of non-ortho nitro benzene ring substituents is 1. The zero-order valence-electron chi connectivity index (χ0n) is 15.3. The van der Waals surface area contributed by atoms with Crippen molar-refractivity contribution in [1.82, 2.24) is 4.98 Å². The largest absolute Gasteiger partial charge is 0.397 e. The van der Waals surface area contributed by atoms with E-state index in [1.165, 1.54) is 35.6 Å². The highest BCUT2D eigenvalue weighted by molar-refractivity contribution is 7.21. The molecule has 142 valence electrons. The molecule has 0 atom stereocenters. The Labute approximate surface area is 164 Å². The van der Waals surface area contributed by atoms with Gasteiger partial charge in [-0.15, -0.1) is 11.3 Å². The third-order valence-corrected chi connectivity index (χ3v) is 6.05. The Bertz CT molecular complexity index is 1160. The first-order valence-electron chi connectivity index (χ1n) is 8.70. The summed E-state index contributed by atoms with van der Waals surface area (Å²) in [7, 11) is 0. The molecule has 7 nitrogen and oxygen atoms in total. The lowest BCUT2D eigenvalue weighted by Gasteiger charge is -2.29. The third-order valence-electron chi connectivity index (χ3n) is 4.93. The Morgan fingerprint density at radius 2 is 1.93 bits per heavy atom. The van der Waals surface area contributed by atoms with E-state index in [1.54, 1.807) is 6.07 Å². The molecule has 2 N–H and O–H groups in total. The maximum Gasteiger partial charge on any atom is 0.269 e. The first-order chi connectivity index (χ1) is 13.2. The van der Waals surface area contributed by atoms with Crippen LogP contribution in [0.15, 0.2) is 30.3 Å². The molecule has 4 rings (SSSR count). The van der Waals surface area contributed by atoms with Gasteiger partial charge in [0.2, 0.25) is 5.78 Å². The lowest BCUT2D eigenvalue weighted by Crippen LogP contribution is -2.27. The van der Waals surface area contributed by atoms with Crippen LogP contribution in [0.5, 0.6) is 0 Å². The van der Waals surface area contributed by atoms with E-state index in [0.717, 1.165) is 5.69 Å². The van der Waals surface area contributed by atoms with Gasteiger partial charge in [0.05, 0.1) is 16.3 Å². The predicted octanol–water partition coefficient (Wildman–Crippen LogP) is 4.17. The number of aromatic nitrogens is 1. The van der Waals surface area contributed by atoms with Crippen molar-refractivity contribution in [1.29, 1.82) is 0 Å². The number of carbonyl (C=O) groups excluding carboxylic acids is 2. The van der Waals surface area contributed by atoms with Gasteiger partial charge in [-0.3, -0.25) is 19.7 Å². The van der Waals surface area contributed by atoms with E-state index in [-0.39, 0.29) is 28.4 Å². The van der Waals surface area contributed by atoms with Crippen LogP contribution in [0.2, 0.25) is 0 Å². The number of anilines is 1. The fourth-order valence-corrected chi connectivity index (χ4v) is 4.59. The molecule has 1 aromatic carbocycles. The zero-order valence-corrected chi connectivity index (χ0v) is 16.1. The van der Waals surface area contributed by atoms with Crippen LogP contribution in [0.3, 0.4) is 0 Å². The maximum atomic E-state index is 12.9. The number of thiophene rings is 1. The highest BCUT2D eigenvalue weighted by Gasteiger charge is 2.33. The molecule has 0 amide bonds. The van der Waals surface area contributed by atoms with Crippen LogP contribution < -0.4 is 5.73 Å². The summed E-state index contributed by atoms with van der Waals surface area (Å²) in [5.74, 6) is -0.283. The van der Waals surface area contributed by atoms with Crippen LogP contribution in [0.1, 0.15) is 51.6 Å². The second kappa shape index (κ2) is 6.20. The first kappa shape index (κ1) is 18.2. The van der Waals surface area contributed by atoms with Crippen molar-refractivity contribution < 1.29 is 14.5 Å². The second-order valence-corrected chi connectivity index (χ2v) is 8.75. The summed E-state index contributed by atoms with van der Waals surface area (Å²) in [4.78, 5) is 41.2. The highest BCUT2D eigenvalue weighted by atomic mass is 32.1. The molecule has 1 aliphatic carbocycles. The van der Waals surface area contributed by atoms with Crippen LogP contribution in [0.25, 0.3) is 10.2 Å². The van der Waals surface area contributed by atoms with Crippen molar-refractivity contribution >= 4 is 44.5 Å². The van der Waals surface area contributed by atoms with E-state index in [0.29, 0.717) is 39.1 Å². The smallest absolute Gasteiger partial charge is 0.269 e. The van der Waals surface area contributed by atoms with Crippen molar-refractivity contribution in [2.45, 2.75) is 26.7 Å². The topological polar surface area (TPSA) is 116 Å². The van der Waals surface area contributed by atoms with Gasteiger partial charge in [0.15, 0.2) is 5.78 Å². The predicted molar refractivity (Wildman–Crippen MR) is 107 cm³/mol. The Morgan fingerprint density at radius 1 is 1.25 bits per heavy atom. The number of carbonyl (C=O) groups is 2. The minimum absolute atomic E-state index is 0.0366. The molecule has 8 heteroatoms. The van der Waals surface area contributed by atoms with Gasteiger partial charge < -0.3 is 5.73 Å². The quantitative estimate of drug-likeness (QED) is 0.404. The fraction of sp³-hybridized carbons (Fsp3) is 0.250. The second-order valence-electron chi connectivity index (χ2n) is 7.75. The Balaban J connectivity index is 1.78. The van der Waals surface area contributed by atoms with Crippen LogP contribution in [-0.2, 0) is 6.42 Å². The summed E-state index contributed by atoms with van der Waals surface area (Å²) >= 11 is 1.18. The van der Waals surface area contributed by atoms with Crippen molar-refractivity contribution in [3.8, 4) is 0 Å². The fourth-order valence-electron chi connectivity index (χ4n) is 3.53. The van der Waals surface area contributed by atoms with Crippen LogP contribution >= 0.6 is 11.3 Å². The molecule has 2 heterocycles. The number of nitrogen functional groups attached to an aromatic ring is 1. The molecule has 0 saturated carbocycles. The minimum Gasteiger partial charge on any atom is -0.397 e. The maximum absolute atomic E-state index is 12.9. The molecule has 0 bridgehead atoms. The summed E-state index contributed by atoms with van der Waals surface area (Å²) < 4.78 is 0. The normalized spacial score (nSPS) is 15.4. The Kier molecular flexibility index (Phi) is 4.04. The SMILES string of the molecule is CC1(C)CC(=O)c2cc3c(N)c(C(=O)c4ccc([N+](=O)[O-])cc4)sc3nc2C1. The van der Waals surface area contributed by atoms with Gasteiger partial charge in [-0.25, -0.2) is 4.98 Å². The van der Waals surface area contributed by atoms with Crippen LogP contribution in [0.4, 0.5) is 11.4 Å². The van der Waals surface area contributed by atoms with Gasteiger partial charge >= 0.3 is 0 Å². The van der Waals surface area contributed by atoms with Gasteiger partial charge in [0, 0.05) is 35.1 Å². The molecule has 3 aromatic rings. The number of hydrogen-bond acceptors (Lipinski definition) is 7. The molecule has 0 saturated heterocycles. The lowest BCUT2D eigenvalue weighted by atomic mass is 9.75. The van der Waals surface area contributed by atoms with Gasteiger partial charge in [0.1, 0.15) is 9.71 Å². The van der Waals surface area contributed by atoms with Gasteiger partial charge in [-0.1, -0.05) is 13.8 Å². The summed E-state index contributed by atoms with van der Waals surface area (Å²) in [6.45, 7) is 4.07. The van der Waals surface area contributed by atoms with E-state index in [2.05, 4.69) is 4.98 Å². The number of nitro benzene ring substituents is 1. The number of rotatable bonds is 3. The number of nitro groups is 1. The minimum atomic E-state index is -0.519. The molecular weight excluding hydrogens is 378 g/mol. The number of ketones is 2. The van der Waals surface area contributed by atoms with E-state index in [4.69, 9.17) is 5.73 Å². The number of Topliss-reactive ketones (excluding diaryl/α,β-unsaturated/α-hetero) is 1. The molecular formula is C20H17N3O4S. The van der Waals surface area contributed by atoms with Crippen molar-refractivity contribution in [2.24, 2.45) is 5.41 Å². The Hall–Kier alpha value is -3.13. The number of nitrogens with two attached hydrogens (primary N) is 1. The van der Waals surface area contributed by atoms with Crippen LogP contribution in [0, 0.1) is 15.5 Å². The standard InChI is InChI=1S/C20H17N3O4S/c1-20(2)8-14-12(15(24)9-20)7-13-16(21)18(28-19(13)22-14)17(25)10-3-5-11(6-4-10)23(26)27/h3-7H,8-9,21H2,1-2H3. The van der Waals surface area contributed by atoms with Crippen molar-refractivity contribution in [3.05, 3.63) is 62.1 Å². The van der Waals surface area contributed by atoms with Gasteiger partial charge in [0.25, 0.3) is 5.69 Å². The average molecular weight is 395 g/mol. The van der Waals surface area contributed by atoms with E-state index < -0.39 is 4.92 Å². The molecule has 0 aliphatic heterocycles. The number of fused-ring (bicyclic) bond motifs is 2. The van der Waals surface area contributed by atoms with Crippen molar-refractivity contribution in [3.63, 3.8) is 0 Å². The average Bonchev–Trinajstić information content (AvgIpc) is 2.95.